The van der Waals surface area contributed by atoms with Crippen LogP contribution in [0.1, 0.15) is 0 Å². The third-order valence-corrected chi connectivity index (χ3v) is 3.73. The number of hydrogen-bond donors (Lipinski definition) is 2. The Hall–Kier alpha value is -0.935. The maximum Gasteiger partial charge on any atom is 0.488 e. The lowest BCUT2D eigenvalue weighted by molar-refractivity contribution is 0.425. The van der Waals surface area contributed by atoms with Gasteiger partial charge in [-0.15, -0.1) is 0 Å². The molecule has 2 N–H and O–H groups in total. The zero-order valence-corrected chi connectivity index (χ0v) is 10.4. The van der Waals surface area contributed by atoms with Gasteiger partial charge in [0.25, 0.3) is 0 Å². The van der Waals surface area contributed by atoms with Crippen LogP contribution >= 0.6 is 23.4 Å². The molecular weight excluding hydrogens is 254 g/mol. The monoisotopic (exact) mass is 264 g/mol. The Balaban J connectivity index is 2.29. The maximum atomic E-state index is 9.11. The maximum absolute atomic E-state index is 9.11. The van der Waals surface area contributed by atoms with Gasteiger partial charge in [-0.25, -0.2) is 0 Å². The van der Waals surface area contributed by atoms with E-state index in [1.54, 1.807) is 18.2 Å². The van der Waals surface area contributed by atoms with Gasteiger partial charge in [0.05, 0.1) is 5.02 Å². The van der Waals surface area contributed by atoms with Crippen LogP contribution in [0.25, 0.3) is 0 Å². The first-order valence-electron chi connectivity index (χ1n) is 5.05. The van der Waals surface area contributed by atoms with Crippen LogP contribution in [-0.2, 0) is 0 Å². The zero-order chi connectivity index (χ0) is 12.3. The summed E-state index contributed by atoms with van der Waals surface area (Å²) in [5.74, 6) is 0. The van der Waals surface area contributed by atoms with Crippen LogP contribution in [0.3, 0.4) is 0 Å². The Morgan fingerprint density at radius 2 is 1.71 bits per heavy atom. The molecule has 0 unspecified atom stereocenters. The van der Waals surface area contributed by atoms with Gasteiger partial charge in [-0.3, -0.25) is 0 Å². The molecule has 17 heavy (non-hydrogen) atoms. The molecule has 0 spiro atoms. The standard InChI is InChI=1S/C12H10BClO2S/c14-11-7-6-9(13(15)16)8-12(11)17-10-4-2-1-3-5-10/h1-8,15-16H. The summed E-state index contributed by atoms with van der Waals surface area (Å²) in [4.78, 5) is 1.86. The Kier molecular flexibility index (Phi) is 4.13. The molecule has 2 aromatic rings. The van der Waals surface area contributed by atoms with E-state index in [0.717, 1.165) is 9.79 Å². The Labute approximate surface area is 109 Å². The SMILES string of the molecule is OB(O)c1ccc(Cl)c(Sc2ccccc2)c1. The highest BCUT2D eigenvalue weighted by Gasteiger charge is 2.13. The quantitative estimate of drug-likeness (QED) is 0.835. The van der Waals surface area contributed by atoms with Gasteiger partial charge >= 0.3 is 7.12 Å². The number of rotatable bonds is 3. The van der Waals surface area contributed by atoms with E-state index in [0.29, 0.717) is 10.5 Å². The Bertz CT molecular complexity index is 505. The van der Waals surface area contributed by atoms with E-state index in [1.165, 1.54) is 11.8 Å². The van der Waals surface area contributed by atoms with E-state index >= 15 is 0 Å². The third-order valence-electron chi connectivity index (χ3n) is 2.22. The van der Waals surface area contributed by atoms with Gasteiger partial charge < -0.3 is 10.0 Å². The van der Waals surface area contributed by atoms with E-state index in [4.69, 9.17) is 21.6 Å². The molecule has 0 aromatic heterocycles. The van der Waals surface area contributed by atoms with Crippen molar-refractivity contribution in [2.75, 3.05) is 0 Å². The minimum absolute atomic E-state index is 0.438. The molecule has 2 aromatic carbocycles. The van der Waals surface area contributed by atoms with Crippen molar-refractivity contribution in [3.05, 3.63) is 53.6 Å². The highest BCUT2D eigenvalue weighted by molar-refractivity contribution is 7.99. The minimum Gasteiger partial charge on any atom is -0.423 e. The second kappa shape index (κ2) is 5.60. The molecule has 0 heterocycles. The van der Waals surface area contributed by atoms with Gasteiger partial charge in [-0.1, -0.05) is 47.6 Å². The van der Waals surface area contributed by atoms with Crippen molar-refractivity contribution in [3.8, 4) is 0 Å². The van der Waals surface area contributed by atoms with Gasteiger partial charge in [0, 0.05) is 9.79 Å². The fraction of sp³-hybridized carbons (Fsp3) is 0. The fourth-order valence-corrected chi connectivity index (χ4v) is 2.52. The molecule has 0 amide bonds. The smallest absolute Gasteiger partial charge is 0.423 e. The lowest BCUT2D eigenvalue weighted by Gasteiger charge is -2.06. The largest absolute Gasteiger partial charge is 0.488 e. The van der Waals surface area contributed by atoms with E-state index < -0.39 is 7.12 Å². The van der Waals surface area contributed by atoms with Crippen LogP contribution in [-0.4, -0.2) is 17.2 Å². The van der Waals surface area contributed by atoms with Crippen LogP contribution < -0.4 is 5.46 Å². The third kappa shape index (κ3) is 3.26. The molecule has 0 saturated carbocycles. The first-order valence-corrected chi connectivity index (χ1v) is 6.25. The topological polar surface area (TPSA) is 40.5 Å². The Morgan fingerprint density at radius 1 is 1.00 bits per heavy atom. The molecule has 0 radical (unpaired) electrons. The zero-order valence-electron chi connectivity index (χ0n) is 8.88. The predicted octanol–water partition coefficient (Wildman–Crippen LogP) is 2.17. The van der Waals surface area contributed by atoms with E-state index in [9.17, 15) is 0 Å². The molecule has 0 aliphatic carbocycles. The van der Waals surface area contributed by atoms with E-state index in [-0.39, 0.29) is 0 Å². The molecule has 2 rings (SSSR count). The van der Waals surface area contributed by atoms with E-state index in [1.807, 2.05) is 30.3 Å². The highest BCUT2D eigenvalue weighted by atomic mass is 35.5. The molecular formula is C12H10BClO2S. The van der Waals surface area contributed by atoms with Gasteiger partial charge in [0.15, 0.2) is 0 Å². The number of halogens is 1. The summed E-state index contributed by atoms with van der Waals surface area (Å²) >= 11 is 7.56. The Morgan fingerprint density at radius 3 is 2.35 bits per heavy atom. The van der Waals surface area contributed by atoms with Gasteiger partial charge in [-0.2, -0.15) is 0 Å². The summed E-state index contributed by atoms with van der Waals surface area (Å²) in [6.45, 7) is 0. The van der Waals surface area contributed by atoms with E-state index in [2.05, 4.69) is 0 Å². The van der Waals surface area contributed by atoms with Crippen molar-refractivity contribution in [1.29, 1.82) is 0 Å². The lowest BCUT2D eigenvalue weighted by atomic mass is 9.80. The predicted molar refractivity (Wildman–Crippen MR) is 71.8 cm³/mol. The highest BCUT2D eigenvalue weighted by Crippen LogP contribution is 2.32. The molecule has 86 valence electrons. The van der Waals surface area contributed by atoms with Crippen LogP contribution in [0.5, 0.6) is 0 Å². The fourth-order valence-electron chi connectivity index (χ4n) is 1.37. The summed E-state index contributed by atoms with van der Waals surface area (Å²) in [7, 11) is -1.47. The molecule has 0 saturated heterocycles. The summed E-state index contributed by atoms with van der Waals surface area (Å²) in [5.41, 5.74) is 0.438. The number of benzene rings is 2. The molecule has 0 bridgehead atoms. The molecule has 0 aliphatic heterocycles. The summed E-state index contributed by atoms with van der Waals surface area (Å²) in [6.07, 6.45) is 0. The van der Waals surface area contributed by atoms with Gasteiger partial charge in [0.2, 0.25) is 0 Å². The van der Waals surface area contributed by atoms with Gasteiger partial charge in [0.1, 0.15) is 0 Å². The molecule has 2 nitrogen and oxygen atoms in total. The first-order chi connectivity index (χ1) is 8.16. The van der Waals surface area contributed by atoms with Crippen LogP contribution in [0, 0.1) is 0 Å². The minimum atomic E-state index is -1.47. The molecule has 0 atom stereocenters. The van der Waals surface area contributed by atoms with Crippen LogP contribution in [0.2, 0.25) is 5.02 Å². The first kappa shape index (κ1) is 12.5. The lowest BCUT2D eigenvalue weighted by Crippen LogP contribution is -2.29. The van der Waals surface area contributed by atoms with Crippen molar-refractivity contribution >= 4 is 35.9 Å². The van der Waals surface area contributed by atoms with Crippen LogP contribution in [0.4, 0.5) is 0 Å². The second-order valence-corrected chi connectivity index (χ2v) is 5.00. The van der Waals surface area contributed by atoms with Gasteiger partial charge in [-0.05, 0) is 29.7 Å². The van der Waals surface area contributed by atoms with Crippen molar-refractivity contribution in [1.82, 2.24) is 0 Å². The average molecular weight is 265 g/mol. The number of hydrogen-bond acceptors (Lipinski definition) is 3. The summed E-state index contributed by atoms with van der Waals surface area (Å²) in [5, 5.41) is 18.8. The van der Waals surface area contributed by atoms with Crippen molar-refractivity contribution in [2.24, 2.45) is 0 Å². The molecule has 0 aliphatic rings. The second-order valence-electron chi connectivity index (χ2n) is 3.48. The normalized spacial score (nSPS) is 10.3. The van der Waals surface area contributed by atoms with Crippen molar-refractivity contribution in [2.45, 2.75) is 9.79 Å². The molecule has 0 fully saturated rings. The average Bonchev–Trinajstić information content (AvgIpc) is 2.33. The summed E-state index contributed by atoms with van der Waals surface area (Å²) < 4.78 is 0. The molecule has 5 heteroatoms. The van der Waals surface area contributed by atoms with Crippen LogP contribution in [0.15, 0.2) is 58.3 Å². The van der Waals surface area contributed by atoms with Crippen molar-refractivity contribution in [3.63, 3.8) is 0 Å². The van der Waals surface area contributed by atoms with Crippen molar-refractivity contribution < 1.29 is 10.0 Å². The summed E-state index contributed by atoms with van der Waals surface area (Å²) in [6, 6.07) is 14.7.